The van der Waals surface area contributed by atoms with Crippen molar-refractivity contribution in [1.82, 2.24) is 0 Å². The van der Waals surface area contributed by atoms with Crippen LogP contribution in [0.25, 0.3) is 0 Å². The van der Waals surface area contributed by atoms with Crippen LogP contribution in [-0.2, 0) is 0 Å². The minimum Gasteiger partial charge on any atom is -0.412 e. The molecule has 0 amide bonds. The molecule has 0 aliphatic carbocycles. The fourth-order valence-corrected chi connectivity index (χ4v) is 4.72. The van der Waals surface area contributed by atoms with Crippen molar-refractivity contribution in [3.05, 3.63) is 30.3 Å². The number of hydrogen-bond donors (Lipinski definition) is 0. The molecule has 4 N–H and O–H groups in total. The van der Waals surface area contributed by atoms with Gasteiger partial charge in [0.15, 0.2) is 6.87 Å². The fourth-order valence-electron chi connectivity index (χ4n) is 1.89. The maximum Gasteiger partial charge on any atom is 0.152 e. The Morgan fingerprint density at radius 1 is 1.06 bits per heavy atom. The summed E-state index contributed by atoms with van der Waals surface area (Å²) in [7, 11) is -0.965. The molecule has 4 heteroatoms. The van der Waals surface area contributed by atoms with E-state index in [1.165, 1.54) is 31.2 Å². The van der Waals surface area contributed by atoms with E-state index >= 15 is 0 Å². The van der Waals surface area contributed by atoms with Gasteiger partial charge in [-0.2, -0.15) is 0 Å². The average Bonchev–Trinajstić information content (AvgIpc) is 2.16. The van der Waals surface area contributed by atoms with Gasteiger partial charge in [-0.15, -0.1) is 0 Å². The zero-order chi connectivity index (χ0) is 10.4. The molecule has 1 aromatic carbocycles. The Kier molecular flexibility index (Phi) is 9.53. The van der Waals surface area contributed by atoms with Gasteiger partial charge in [-0.3, -0.25) is 0 Å². The molecular formula is C12H25BO2Si. The van der Waals surface area contributed by atoms with Crippen molar-refractivity contribution in [2.75, 3.05) is 0 Å². The Morgan fingerprint density at radius 2 is 1.62 bits per heavy atom. The number of rotatable bonds is 5. The van der Waals surface area contributed by atoms with E-state index in [0.717, 1.165) is 0 Å². The highest BCUT2D eigenvalue weighted by molar-refractivity contribution is 7.28. The molecule has 0 aromatic heterocycles. The summed E-state index contributed by atoms with van der Waals surface area (Å²) in [5, 5.41) is 0. The summed E-state index contributed by atoms with van der Waals surface area (Å²) in [4.78, 5) is 0. The van der Waals surface area contributed by atoms with E-state index in [4.69, 9.17) is 0 Å². The first-order valence-electron chi connectivity index (χ1n) is 5.68. The molecule has 2 nitrogen and oxygen atoms in total. The zero-order valence-corrected chi connectivity index (χ0v) is 11.7. The van der Waals surface area contributed by atoms with Gasteiger partial charge >= 0.3 is 0 Å². The van der Waals surface area contributed by atoms with Crippen LogP contribution in [0.2, 0.25) is 19.1 Å². The third-order valence-electron chi connectivity index (χ3n) is 2.73. The van der Waals surface area contributed by atoms with E-state index in [1.807, 2.05) is 0 Å². The lowest BCUT2D eigenvalue weighted by Gasteiger charge is -2.20. The van der Waals surface area contributed by atoms with Crippen LogP contribution in [-0.4, -0.2) is 25.8 Å². The summed E-state index contributed by atoms with van der Waals surface area (Å²) in [5.41, 5.74) is 1.53. The summed E-state index contributed by atoms with van der Waals surface area (Å²) < 4.78 is 0. The van der Waals surface area contributed by atoms with Gasteiger partial charge in [0.2, 0.25) is 0 Å². The zero-order valence-electron chi connectivity index (χ0n) is 10.7. The highest BCUT2D eigenvalue weighted by Crippen LogP contribution is 2.11. The standard InChI is InChI=1S/C12H21BSi.2H2O/c1-4-5-11-14(2,3)13-12-9-7-6-8-10-12;;/h6-10,13H,4-5,11H2,1-3H3;2*1H2. The third-order valence-corrected chi connectivity index (χ3v) is 5.81. The molecule has 1 rings (SSSR count). The molecule has 16 heavy (non-hydrogen) atoms. The monoisotopic (exact) mass is 240 g/mol. The molecule has 0 fully saturated rings. The Balaban J connectivity index is 0. The van der Waals surface area contributed by atoms with E-state index in [9.17, 15) is 0 Å². The molecule has 0 radical (unpaired) electrons. The van der Waals surface area contributed by atoms with E-state index in [2.05, 4.69) is 50.3 Å². The van der Waals surface area contributed by atoms with Gasteiger partial charge in [-0.05, 0) is 0 Å². The normalized spacial score (nSPS) is 9.94. The SMILES string of the molecule is CCCC[Si](C)(C)Bc1ccccc1.O.O. The largest absolute Gasteiger partial charge is 0.412 e. The summed E-state index contributed by atoms with van der Waals surface area (Å²) >= 11 is 0. The molecular weight excluding hydrogens is 215 g/mol. The van der Waals surface area contributed by atoms with E-state index in [-0.39, 0.29) is 11.0 Å². The average molecular weight is 240 g/mol. The number of hydrogen-bond acceptors (Lipinski definition) is 0. The molecule has 0 aliphatic heterocycles. The van der Waals surface area contributed by atoms with Gasteiger partial charge in [-0.25, -0.2) is 0 Å². The van der Waals surface area contributed by atoms with Gasteiger partial charge < -0.3 is 11.0 Å². The summed E-state index contributed by atoms with van der Waals surface area (Å²) in [6.07, 6.45) is 2.75. The molecule has 92 valence electrons. The quantitative estimate of drug-likeness (QED) is 0.692. The second-order valence-corrected chi connectivity index (χ2v) is 10.1. The lowest BCUT2D eigenvalue weighted by atomic mass is 9.94. The van der Waals surface area contributed by atoms with Crippen molar-refractivity contribution in [3.8, 4) is 0 Å². The van der Waals surface area contributed by atoms with Crippen LogP contribution in [0.5, 0.6) is 0 Å². The Labute approximate surface area is 101 Å². The van der Waals surface area contributed by atoms with Crippen molar-refractivity contribution >= 4 is 20.3 Å². The maximum absolute atomic E-state index is 2.51. The molecule has 0 spiro atoms. The van der Waals surface area contributed by atoms with E-state index < -0.39 is 7.94 Å². The van der Waals surface area contributed by atoms with Gasteiger partial charge in [0, 0.05) is 7.94 Å². The van der Waals surface area contributed by atoms with E-state index in [1.54, 1.807) is 0 Å². The van der Waals surface area contributed by atoms with Gasteiger partial charge in [-0.1, -0.05) is 74.7 Å². The van der Waals surface area contributed by atoms with Crippen LogP contribution < -0.4 is 5.46 Å². The van der Waals surface area contributed by atoms with Crippen LogP contribution in [0.4, 0.5) is 0 Å². The van der Waals surface area contributed by atoms with Gasteiger partial charge in [0.1, 0.15) is 0 Å². The molecule has 0 heterocycles. The van der Waals surface area contributed by atoms with Crippen LogP contribution in [0.15, 0.2) is 30.3 Å². The van der Waals surface area contributed by atoms with Crippen molar-refractivity contribution < 1.29 is 11.0 Å². The second-order valence-electron chi connectivity index (χ2n) is 4.93. The van der Waals surface area contributed by atoms with Crippen LogP contribution >= 0.6 is 0 Å². The molecule has 0 bridgehead atoms. The molecule has 0 saturated carbocycles. The minimum atomic E-state index is -0.965. The van der Waals surface area contributed by atoms with Crippen molar-refractivity contribution in [2.45, 2.75) is 38.9 Å². The van der Waals surface area contributed by atoms with Gasteiger partial charge in [0.25, 0.3) is 0 Å². The Bertz CT molecular complexity index is 265. The minimum absolute atomic E-state index is 0. The van der Waals surface area contributed by atoms with E-state index in [0.29, 0.717) is 0 Å². The van der Waals surface area contributed by atoms with Crippen LogP contribution in [0.3, 0.4) is 0 Å². The number of unbranched alkanes of at least 4 members (excludes halogenated alkanes) is 1. The summed E-state index contributed by atoms with van der Waals surface area (Å²) in [5.74, 6) is 0. The predicted octanol–water partition coefficient (Wildman–Crippen LogP) is 1.10. The topological polar surface area (TPSA) is 63.0 Å². The first-order valence-corrected chi connectivity index (χ1v) is 9.09. The third kappa shape index (κ3) is 6.82. The van der Waals surface area contributed by atoms with Crippen molar-refractivity contribution in [3.63, 3.8) is 0 Å². The van der Waals surface area contributed by atoms with Crippen molar-refractivity contribution in [1.29, 1.82) is 0 Å². The molecule has 0 unspecified atom stereocenters. The lowest BCUT2D eigenvalue weighted by Crippen LogP contribution is -2.41. The van der Waals surface area contributed by atoms with Crippen LogP contribution in [0.1, 0.15) is 19.8 Å². The van der Waals surface area contributed by atoms with Crippen molar-refractivity contribution in [2.24, 2.45) is 0 Å². The first kappa shape index (κ1) is 17.8. The summed E-state index contributed by atoms with van der Waals surface area (Å²) in [6.45, 7) is 8.64. The molecule has 0 aliphatic rings. The molecule has 0 atom stereocenters. The molecule has 0 saturated heterocycles. The molecule has 1 aromatic rings. The maximum atomic E-state index is 2.51. The Hall–Kier alpha value is -0.578. The number of benzene rings is 1. The Morgan fingerprint density at radius 3 is 2.12 bits per heavy atom. The highest BCUT2D eigenvalue weighted by atomic mass is 28.3. The lowest BCUT2D eigenvalue weighted by molar-refractivity contribution is 0.823. The second kappa shape index (κ2) is 8.56. The first-order chi connectivity index (χ1) is 6.64. The predicted molar refractivity (Wildman–Crippen MR) is 77.6 cm³/mol. The van der Waals surface area contributed by atoms with Gasteiger partial charge in [0.05, 0.1) is 0 Å². The fraction of sp³-hybridized carbons (Fsp3) is 0.500. The summed E-state index contributed by atoms with van der Waals surface area (Å²) in [6, 6.07) is 12.4. The van der Waals surface area contributed by atoms with Crippen LogP contribution in [0, 0.1) is 0 Å². The smallest absolute Gasteiger partial charge is 0.152 e. The highest BCUT2D eigenvalue weighted by Gasteiger charge is 2.21.